The Kier molecular flexibility index (Phi) is 2.98. The van der Waals surface area contributed by atoms with Crippen molar-refractivity contribution in [3.05, 3.63) is 23.8 Å². The molecule has 0 saturated carbocycles. The number of fused-ring (bicyclic) bond motifs is 3. The fourth-order valence-corrected chi connectivity index (χ4v) is 2.84. The van der Waals surface area contributed by atoms with Crippen molar-refractivity contribution >= 4 is 17.0 Å². The highest BCUT2D eigenvalue weighted by atomic mass is 15.2. The first kappa shape index (κ1) is 11.6. The lowest BCUT2D eigenvalue weighted by Crippen LogP contribution is -2.10. The van der Waals surface area contributed by atoms with Crippen LogP contribution in [0.4, 0.5) is 5.95 Å². The Hall–Kier alpha value is -1.51. The number of hydrogen-bond acceptors (Lipinski definition) is 2. The summed E-state index contributed by atoms with van der Waals surface area (Å²) in [6, 6.07) is 7.05. The number of imidazole rings is 1. The van der Waals surface area contributed by atoms with Gasteiger partial charge in [0.05, 0.1) is 11.0 Å². The molecule has 1 aromatic carbocycles. The fraction of sp³-hybridized carbons (Fsp3) is 0.533. The molecule has 0 fully saturated rings. The monoisotopic (exact) mass is 243 g/mol. The Balaban J connectivity index is 2.15. The van der Waals surface area contributed by atoms with E-state index >= 15 is 0 Å². The van der Waals surface area contributed by atoms with Crippen LogP contribution in [-0.2, 0) is 0 Å². The molecule has 0 bridgehead atoms. The number of aryl methyl sites for hydroxylation is 1. The highest BCUT2D eigenvalue weighted by Gasteiger charge is 2.16. The van der Waals surface area contributed by atoms with Gasteiger partial charge >= 0.3 is 0 Å². The second-order valence-corrected chi connectivity index (χ2v) is 5.42. The van der Waals surface area contributed by atoms with Crippen molar-refractivity contribution < 1.29 is 0 Å². The minimum Gasteiger partial charge on any atom is -0.356 e. The van der Waals surface area contributed by atoms with Crippen LogP contribution in [0.25, 0.3) is 11.0 Å². The molecule has 0 saturated heterocycles. The van der Waals surface area contributed by atoms with Gasteiger partial charge in [-0.2, -0.15) is 0 Å². The lowest BCUT2D eigenvalue weighted by Gasteiger charge is -2.16. The summed E-state index contributed by atoms with van der Waals surface area (Å²) in [5.74, 6) is 1.05. The molecule has 1 atom stereocenters. The van der Waals surface area contributed by atoms with Gasteiger partial charge in [0.1, 0.15) is 0 Å². The Bertz CT molecular complexity index is 556. The van der Waals surface area contributed by atoms with E-state index in [1.54, 1.807) is 0 Å². The molecule has 18 heavy (non-hydrogen) atoms. The van der Waals surface area contributed by atoms with Crippen LogP contribution in [0.5, 0.6) is 0 Å². The number of nitrogens with one attached hydrogen (secondary N) is 1. The second-order valence-electron chi connectivity index (χ2n) is 5.42. The first-order valence-electron chi connectivity index (χ1n) is 6.98. The zero-order valence-electron chi connectivity index (χ0n) is 11.2. The zero-order chi connectivity index (χ0) is 12.5. The minimum atomic E-state index is 0.525. The molecule has 2 heterocycles. The van der Waals surface area contributed by atoms with Crippen LogP contribution in [0.1, 0.15) is 44.2 Å². The van der Waals surface area contributed by atoms with Gasteiger partial charge in [-0.05, 0) is 44.4 Å². The van der Waals surface area contributed by atoms with Crippen molar-refractivity contribution in [2.45, 2.75) is 45.6 Å². The van der Waals surface area contributed by atoms with E-state index in [1.807, 2.05) is 0 Å². The van der Waals surface area contributed by atoms with E-state index in [-0.39, 0.29) is 0 Å². The minimum absolute atomic E-state index is 0.525. The largest absolute Gasteiger partial charge is 0.356 e. The molecule has 1 unspecified atom stereocenters. The van der Waals surface area contributed by atoms with Crippen molar-refractivity contribution in [3.8, 4) is 0 Å². The van der Waals surface area contributed by atoms with E-state index in [0.29, 0.717) is 6.04 Å². The average molecular weight is 243 g/mol. The maximum Gasteiger partial charge on any atom is 0.204 e. The Labute approximate surface area is 108 Å². The molecule has 1 N–H and O–H groups in total. The molecule has 2 aromatic rings. The molecule has 3 nitrogen and oxygen atoms in total. The zero-order valence-corrected chi connectivity index (χ0v) is 11.2. The molecule has 1 aliphatic rings. The molecule has 0 amide bonds. The van der Waals surface area contributed by atoms with Gasteiger partial charge in [-0.1, -0.05) is 18.9 Å². The SMILES string of the molecule is Cc1ccc2nc3n(c2c1)C(C)CCCCCN3. The molecule has 96 valence electrons. The van der Waals surface area contributed by atoms with E-state index < -0.39 is 0 Å². The van der Waals surface area contributed by atoms with Crippen LogP contribution in [0.15, 0.2) is 18.2 Å². The normalized spacial score (nSPS) is 20.7. The molecule has 0 radical (unpaired) electrons. The van der Waals surface area contributed by atoms with Crippen molar-refractivity contribution in [3.63, 3.8) is 0 Å². The lowest BCUT2D eigenvalue weighted by molar-refractivity contribution is 0.498. The van der Waals surface area contributed by atoms with Crippen LogP contribution < -0.4 is 5.32 Å². The number of anilines is 1. The number of rotatable bonds is 0. The van der Waals surface area contributed by atoms with Crippen LogP contribution in [0.2, 0.25) is 0 Å². The highest BCUT2D eigenvalue weighted by Crippen LogP contribution is 2.29. The Morgan fingerprint density at radius 2 is 2.17 bits per heavy atom. The van der Waals surface area contributed by atoms with Gasteiger partial charge in [0.2, 0.25) is 5.95 Å². The maximum absolute atomic E-state index is 4.74. The Morgan fingerprint density at radius 3 is 3.06 bits per heavy atom. The third-order valence-corrected chi connectivity index (χ3v) is 3.87. The van der Waals surface area contributed by atoms with Gasteiger partial charge in [0.25, 0.3) is 0 Å². The third-order valence-electron chi connectivity index (χ3n) is 3.87. The quantitative estimate of drug-likeness (QED) is 0.760. The van der Waals surface area contributed by atoms with E-state index in [4.69, 9.17) is 4.98 Å². The molecule has 1 aliphatic heterocycles. The summed E-state index contributed by atoms with van der Waals surface area (Å²) in [7, 11) is 0. The molecule has 3 heteroatoms. The van der Waals surface area contributed by atoms with Gasteiger partial charge in [-0.15, -0.1) is 0 Å². The number of benzene rings is 1. The van der Waals surface area contributed by atoms with Crippen LogP contribution in [0.3, 0.4) is 0 Å². The molecular formula is C15H21N3. The first-order valence-corrected chi connectivity index (χ1v) is 6.98. The smallest absolute Gasteiger partial charge is 0.204 e. The summed E-state index contributed by atoms with van der Waals surface area (Å²) in [4.78, 5) is 4.74. The highest BCUT2D eigenvalue weighted by molar-refractivity contribution is 5.79. The first-order chi connectivity index (χ1) is 8.75. The topological polar surface area (TPSA) is 29.9 Å². The van der Waals surface area contributed by atoms with Crippen molar-refractivity contribution in [2.24, 2.45) is 0 Å². The summed E-state index contributed by atoms with van der Waals surface area (Å²) >= 11 is 0. The van der Waals surface area contributed by atoms with Crippen molar-refractivity contribution in [1.29, 1.82) is 0 Å². The molecule has 1 aromatic heterocycles. The summed E-state index contributed by atoms with van der Waals surface area (Å²) in [5, 5.41) is 3.50. The van der Waals surface area contributed by atoms with E-state index in [9.17, 15) is 0 Å². The van der Waals surface area contributed by atoms with Crippen LogP contribution in [-0.4, -0.2) is 16.1 Å². The lowest BCUT2D eigenvalue weighted by atomic mass is 10.1. The summed E-state index contributed by atoms with van der Waals surface area (Å²) in [6.07, 6.45) is 5.12. The van der Waals surface area contributed by atoms with Crippen LogP contribution in [0, 0.1) is 6.92 Å². The van der Waals surface area contributed by atoms with Gasteiger partial charge in [0, 0.05) is 12.6 Å². The standard InChI is InChI=1S/C15H21N3/c1-11-7-8-13-14(10-11)18-12(2)6-4-3-5-9-16-15(18)17-13/h7-8,10,12H,3-6,9H2,1-2H3,(H,16,17). The molecular weight excluding hydrogens is 222 g/mol. The Morgan fingerprint density at radius 1 is 1.28 bits per heavy atom. The summed E-state index contributed by atoms with van der Waals surface area (Å²) < 4.78 is 2.38. The van der Waals surface area contributed by atoms with Gasteiger partial charge in [-0.25, -0.2) is 4.98 Å². The van der Waals surface area contributed by atoms with E-state index in [1.165, 1.54) is 36.8 Å². The maximum atomic E-state index is 4.74. The van der Waals surface area contributed by atoms with Gasteiger partial charge < -0.3 is 9.88 Å². The van der Waals surface area contributed by atoms with E-state index in [2.05, 4.69) is 41.9 Å². The van der Waals surface area contributed by atoms with E-state index in [0.717, 1.165) is 18.0 Å². The summed E-state index contributed by atoms with van der Waals surface area (Å²) in [5.41, 5.74) is 3.68. The molecule has 0 aliphatic carbocycles. The average Bonchev–Trinajstić information content (AvgIpc) is 2.72. The van der Waals surface area contributed by atoms with Crippen LogP contribution >= 0.6 is 0 Å². The number of aromatic nitrogens is 2. The third kappa shape index (κ3) is 1.98. The molecule has 0 spiro atoms. The number of hydrogen-bond donors (Lipinski definition) is 1. The fourth-order valence-electron chi connectivity index (χ4n) is 2.84. The molecule has 3 rings (SSSR count). The predicted octanol–water partition coefficient (Wildman–Crippen LogP) is 3.89. The second kappa shape index (κ2) is 4.63. The predicted molar refractivity (Wildman–Crippen MR) is 76.1 cm³/mol. The van der Waals surface area contributed by atoms with Gasteiger partial charge in [-0.3, -0.25) is 0 Å². The van der Waals surface area contributed by atoms with Crippen molar-refractivity contribution in [2.75, 3.05) is 11.9 Å². The number of nitrogens with zero attached hydrogens (tertiary/aromatic N) is 2. The summed E-state index contributed by atoms with van der Waals surface area (Å²) in [6.45, 7) is 5.49. The van der Waals surface area contributed by atoms with Gasteiger partial charge in [0.15, 0.2) is 0 Å². The van der Waals surface area contributed by atoms with Crippen molar-refractivity contribution in [1.82, 2.24) is 9.55 Å².